The SMILES string of the molecule is CC(=O)OC[C@@]1(N=[N+]=[N-])O[C@@H](n2ccc(=O)[nH]c2=O)C[C@@H]1OC(C)=O. The fourth-order valence-electron chi connectivity index (χ4n) is 2.42. The number of carbonyl (C=O) groups is 2. The van der Waals surface area contributed by atoms with E-state index >= 15 is 0 Å². The second kappa shape index (κ2) is 7.20. The highest BCUT2D eigenvalue weighted by Crippen LogP contribution is 2.39. The Labute approximate surface area is 139 Å². The Bertz CT molecular complexity index is 840. The summed E-state index contributed by atoms with van der Waals surface area (Å²) in [6.45, 7) is 1.77. The molecule has 12 heteroatoms. The third kappa shape index (κ3) is 4.05. The van der Waals surface area contributed by atoms with Crippen LogP contribution in [0.5, 0.6) is 0 Å². The molecule has 1 aromatic rings. The van der Waals surface area contributed by atoms with Crippen LogP contribution in [0.4, 0.5) is 0 Å². The van der Waals surface area contributed by atoms with Gasteiger partial charge in [-0.3, -0.25) is 23.9 Å². The number of ether oxygens (including phenoxy) is 3. The molecule has 0 saturated carbocycles. The van der Waals surface area contributed by atoms with E-state index in [9.17, 15) is 19.2 Å². The van der Waals surface area contributed by atoms with Gasteiger partial charge >= 0.3 is 17.6 Å². The van der Waals surface area contributed by atoms with Gasteiger partial charge in [-0.2, -0.15) is 0 Å². The summed E-state index contributed by atoms with van der Waals surface area (Å²) >= 11 is 0. The summed E-state index contributed by atoms with van der Waals surface area (Å²) in [5.41, 5.74) is 5.64. The molecule has 12 nitrogen and oxygen atoms in total. The summed E-state index contributed by atoms with van der Waals surface area (Å²) in [4.78, 5) is 50.3. The molecule has 0 unspecified atom stereocenters. The predicted octanol–water partition coefficient (Wildman–Crippen LogP) is -0.0431. The lowest BCUT2D eigenvalue weighted by Gasteiger charge is -2.28. The number of rotatable bonds is 5. The van der Waals surface area contributed by atoms with Crippen molar-refractivity contribution in [2.75, 3.05) is 6.61 Å². The van der Waals surface area contributed by atoms with Gasteiger partial charge in [0, 0.05) is 37.4 Å². The van der Waals surface area contributed by atoms with Crippen LogP contribution in [0.25, 0.3) is 10.4 Å². The smallest absolute Gasteiger partial charge is 0.330 e. The van der Waals surface area contributed by atoms with E-state index in [0.717, 1.165) is 24.5 Å². The first-order valence-corrected chi connectivity index (χ1v) is 7.13. The zero-order valence-electron chi connectivity index (χ0n) is 13.4. The van der Waals surface area contributed by atoms with Crippen LogP contribution in [0.1, 0.15) is 26.5 Å². The summed E-state index contributed by atoms with van der Waals surface area (Å²) in [5.74, 6) is -1.34. The number of carbonyl (C=O) groups excluding carboxylic acids is 2. The Morgan fingerprint density at radius 1 is 1.48 bits per heavy atom. The summed E-state index contributed by atoms with van der Waals surface area (Å²) in [6.07, 6.45) is -1.00. The van der Waals surface area contributed by atoms with E-state index in [4.69, 9.17) is 19.7 Å². The van der Waals surface area contributed by atoms with E-state index in [1.54, 1.807) is 0 Å². The van der Waals surface area contributed by atoms with Gasteiger partial charge in [-0.15, -0.1) is 0 Å². The molecule has 3 atom stereocenters. The number of nitrogens with zero attached hydrogens (tertiary/aromatic N) is 4. The van der Waals surface area contributed by atoms with Gasteiger partial charge in [0.25, 0.3) is 5.56 Å². The minimum Gasteiger partial charge on any atom is -0.462 e. The van der Waals surface area contributed by atoms with E-state index in [2.05, 4.69) is 15.0 Å². The van der Waals surface area contributed by atoms with Gasteiger partial charge in [-0.25, -0.2) is 4.79 Å². The molecule has 1 fully saturated rings. The van der Waals surface area contributed by atoms with E-state index in [0.29, 0.717) is 0 Å². The number of aromatic nitrogens is 2. The van der Waals surface area contributed by atoms with Crippen molar-refractivity contribution < 1.29 is 23.8 Å². The summed E-state index contributed by atoms with van der Waals surface area (Å²) in [5, 5.41) is 3.50. The Morgan fingerprint density at radius 2 is 2.20 bits per heavy atom. The van der Waals surface area contributed by atoms with Gasteiger partial charge in [-0.05, 0) is 5.53 Å². The van der Waals surface area contributed by atoms with Crippen molar-refractivity contribution in [2.45, 2.75) is 38.3 Å². The zero-order valence-corrected chi connectivity index (χ0v) is 13.4. The van der Waals surface area contributed by atoms with Crippen LogP contribution in [0.2, 0.25) is 0 Å². The van der Waals surface area contributed by atoms with Crippen LogP contribution in [0.3, 0.4) is 0 Å². The van der Waals surface area contributed by atoms with Gasteiger partial charge in [0.05, 0.1) is 0 Å². The van der Waals surface area contributed by atoms with Gasteiger partial charge in [0.2, 0.25) is 5.72 Å². The third-order valence-corrected chi connectivity index (χ3v) is 3.42. The first-order valence-electron chi connectivity index (χ1n) is 7.13. The first kappa shape index (κ1) is 18.2. The number of azide groups is 1. The van der Waals surface area contributed by atoms with Gasteiger partial charge < -0.3 is 14.2 Å². The van der Waals surface area contributed by atoms with Crippen LogP contribution in [-0.4, -0.2) is 39.9 Å². The van der Waals surface area contributed by atoms with E-state index < -0.39 is 47.9 Å². The molecule has 0 amide bonds. The Balaban J connectivity index is 2.42. The number of nitrogens with one attached hydrogen (secondary N) is 1. The monoisotopic (exact) mass is 353 g/mol. The molecule has 0 spiro atoms. The van der Waals surface area contributed by atoms with Crippen LogP contribution in [0.15, 0.2) is 27.0 Å². The molecule has 1 aromatic heterocycles. The number of H-pyrrole nitrogens is 1. The molecule has 2 heterocycles. The molecule has 1 N–H and O–H groups in total. The van der Waals surface area contributed by atoms with Crippen molar-refractivity contribution in [1.82, 2.24) is 9.55 Å². The van der Waals surface area contributed by atoms with Gasteiger partial charge in [-0.1, -0.05) is 5.11 Å². The molecule has 1 aliphatic heterocycles. The van der Waals surface area contributed by atoms with Crippen molar-refractivity contribution in [3.05, 3.63) is 43.5 Å². The van der Waals surface area contributed by atoms with Crippen molar-refractivity contribution in [3.63, 3.8) is 0 Å². The molecule has 134 valence electrons. The molecule has 1 aliphatic rings. The quantitative estimate of drug-likeness (QED) is 0.335. The normalized spacial score (nSPS) is 25.0. The average Bonchev–Trinajstić information content (AvgIpc) is 2.83. The lowest BCUT2D eigenvalue weighted by molar-refractivity contribution is -0.174. The van der Waals surface area contributed by atoms with Crippen molar-refractivity contribution >= 4 is 11.9 Å². The molecule has 0 aliphatic carbocycles. The highest BCUT2D eigenvalue weighted by Gasteiger charge is 2.52. The number of hydrogen-bond acceptors (Lipinski definition) is 8. The van der Waals surface area contributed by atoms with Crippen LogP contribution in [-0.2, 0) is 23.8 Å². The molecule has 1 saturated heterocycles. The second-order valence-electron chi connectivity index (χ2n) is 5.24. The number of hydrogen-bond donors (Lipinski definition) is 1. The number of esters is 2. The van der Waals surface area contributed by atoms with E-state index in [-0.39, 0.29) is 6.42 Å². The van der Waals surface area contributed by atoms with Crippen molar-refractivity contribution in [2.24, 2.45) is 5.11 Å². The Morgan fingerprint density at radius 3 is 2.76 bits per heavy atom. The maximum Gasteiger partial charge on any atom is 0.330 e. The Hall–Kier alpha value is -3.11. The number of aromatic amines is 1. The first-order chi connectivity index (χ1) is 11.8. The second-order valence-corrected chi connectivity index (χ2v) is 5.24. The standard InChI is InChI=1S/C13H15N5O7/c1-7(19)23-6-13(16-17-14)9(24-8(2)20)5-11(25-13)18-4-3-10(21)15-12(18)22/h3-4,9,11H,5-6H2,1-2H3,(H,15,21,22)/t9-,11+,13+/m0/s1. The minimum absolute atomic E-state index is 0.0637. The molecular formula is C13H15N5O7. The van der Waals surface area contributed by atoms with Crippen LogP contribution >= 0.6 is 0 Å². The molecular weight excluding hydrogens is 338 g/mol. The fourth-order valence-corrected chi connectivity index (χ4v) is 2.42. The maximum absolute atomic E-state index is 11.9. The third-order valence-electron chi connectivity index (χ3n) is 3.42. The summed E-state index contributed by atoms with van der Waals surface area (Å²) in [6, 6.07) is 1.10. The zero-order chi connectivity index (χ0) is 18.6. The van der Waals surface area contributed by atoms with E-state index in [1.165, 1.54) is 6.20 Å². The maximum atomic E-state index is 11.9. The lowest BCUT2D eigenvalue weighted by atomic mass is 10.1. The van der Waals surface area contributed by atoms with E-state index in [1.807, 2.05) is 0 Å². The predicted molar refractivity (Wildman–Crippen MR) is 80.1 cm³/mol. The van der Waals surface area contributed by atoms with Crippen molar-refractivity contribution in [1.29, 1.82) is 0 Å². The highest BCUT2D eigenvalue weighted by molar-refractivity contribution is 5.66. The topological polar surface area (TPSA) is 165 Å². The molecule has 2 rings (SSSR count). The van der Waals surface area contributed by atoms with Crippen molar-refractivity contribution in [3.8, 4) is 0 Å². The fraction of sp³-hybridized carbons (Fsp3) is 0.538. The minimum atomic E-state index is -1.84. The van der Waals surface area contributed by atoms with Crippen LogP contribution in [0, 0.1) is 0 Å². The highest BCUT2D eigenvalue weighted by atomic mass is 16.6. The molecule has 0 radical (unpaired) electrons. The molecule has 0 bridgehead atoms. The van der Waals surface area contributed by atoms with Crippen LogP contribution < -0.4 is 11.2 Å². The molecule has 25 heavy (non-hydrogen) atoms. The van der Waals surface area contributed by atoms with Gasteiger partial charge in [0.1, 0.15) is 18.9 Å². The Kier molecular flexibility index (Phi) is 5.25. The summed E-state index contributed by atoms with van der Waals surface area (Å²) in [7, 11) is 0. The average molecular weight is 353 g/mol. The van der Waals surface area contributed by atoms with Gasteiger partial charge in [0.15, 0.2) is 0 Å². The largest absolute Gasteiger partial charge is 0.462 e. The lowest BCUT2D eigenvalue weighted by Crippen LogP contribution is -2.44. The summed E-state index contributed by atoms with van der Waals surface area (Å²) < 4.78 is 16.6. The molecule has 0 aromatic carbocycles.